The van der Waals surface area contributed by atoms with Gasteiger partial charge in [0.25, 0.3) is 0 Å². The highest BCUT2D eigenvalue weighted by atomic mass is 16.5. The van der Waals surface area contributed by atoms with Gasteiger partial charge in [0.05, 0.1) is 12.5 Å². The number of hydrogen-bond donors (Lipinski definition) is 2. The van der Waals surface area contributed by atoms with Crippen molar-refractivity contribution in [2.24, 2.45) is 11.7 Å². The molecule has 1 atom stereocenters. The summed E-state index contributed by atoms with van der Waals surface area (Å²) in [6.07, 6.45) is 3.81. The Hall–Kier alpha value is -0.650. The Kier molecular flexibility index (Phi) is 8.02. The minimum absolute atomic E-state index is 0.0320. The molecule has 1 fully saturated rings. The summed E-state index contributed by atoms with van der Waals surface area (Å²) in [5, 5.41) is 2.93. The van der Waals surface area contributed by atoms with Gasteiger partial charge in [-0.1, -0.05) is 6.92 Å². The number of rotatable bonds is 8. The molecule has 1 unspecified atom stereocenters. The second-order valence-electron chi connectivity index (χ2n) is 5.53. The Bertz CT molecular complexity index is 249. The molecule has 0 aromatic rings. The van der Waals surface area contributed by atoms with Crippen molar-refractivity contribution in [3.8, 4) is 0 Å². The Labute approximate surface area is 116 Å². The smallest absolute Gasteiger partial charge is 0.222 e. The molecule has 0 aromatic heterocycles. The van der Waals surface area contributed by atoms with Crippen molar-refractivity contribution in [3.05, 3.63) is 0 Å². The fourth-order valence-corrected chi connectivity index (χ4v) is 2.36. The van der Waals surface area contributed by atoms with E-state index >= 15 is 0 Å². The number of nitrogens with two attached hydrogens (primary N) is 1. The second kappa shape index (κ2) is 9.28. The van der Waals surface area contributed by atoms with Gasteiger partial charge in [-0.25, -0.2) is 0 Å². The fourth-order valence-electron chi connectivity index (χ4n) is 2.36. The molecule has 1 aliphatic rings. The molecule has 0 saturated carbocycles. The van der Waals surface area contributed by atoms with E-state index in [0.29, 0.717) is 13.0 Å². The van der Waals surface area contributed by atoms with E-state index in [-0.39, 0.29) is 12.0 Å². The van der Waals surface area contributed by atoms with E-state index in [9.17, 15) is 4.79 Å². The maximum atomic E-state index is 11.6. The van der Waals surface area contributed by atoms with E-state index in [2.05, 4.69) is 17.1 Å². The van der Waals surface area contributed by atoms with Crippen molar-refractivity contribution in [1.29, 1.82) is 0 Å². The lowest BCUT2D eigenvalue weighted by atomic mass is 9.99. The number of nitrogens with zero attached hydrogens (tertiary/aromatic N) is 1. The molecular weight excluding hydrogens is 242 g/mol. The zero-order valence-corrected chi connectivity index (χ0v) is 12.4. The van der Waals surface area contributed by atoms with Gasteiger partial charge in [-0.15, -0.1) is 0 Å². The van der Waals surface area contributed by atoms with Gasteiger partial charge in [-0.05, 0) is 44.8 Å². The van der Waals surface area contributed by atoms with Crippen LogP contribution >= 0.6 is 0 Å². The Morgan fingerprint density at radius 1 is 1.47 bits per heavy atom. The largest absolute Gasteiger partial charge is 0.380 e. The molecule has 1 rings (SSSR count). The average molecular weight is 271 g/mol. The fraction of sp³-hybridized carbons (Fsp3) is 0.929. The molecule has 3 N–H and O–H groups in total. The van der Waals surface area contributed by atoms with Crippen LogP contribution in [0.2, 0.25) is 0 Å². The van der Waals surface area contributed by atoms with E-state index in [4.69, 9.17) is 10.5 Å². The second-order valence-corrected chi connectivity index (χ2v) is 5.53. The Morgan fingerprint density at radius 3 is 2.74 bits per heavy atom. The van der Waals surface area contributed by atoms with Crippen LogP contribution in [0.3, 0.4) is 0 Å². The average Bonchev–Trinajstić information content (AvgIpc) is 2.43. The van der Waals surface area contributed by atoms with Crippen LogP contribution in [0.5, 0.6) is 0 Å². The SMILES string of the molecule is COC(CN)CC(=O)NCCCN1CCC(C)CC1. The monoisotopic (exact) mass is 271 g/mol. The zero-order chi connectivity index (χ0) is 14.1. The highest BCUT2D eigenvalue weighted by Crippen LogP contribution is 2.15. The zero-order valence-electron chi connectivity index (χ0n) is 12.4. The Balaban J connectivity index is 2.02. The molecule has 5 heteroatoms. The van der Waals surface area contributed by atoms with E-state index in [1.807, 2.05) is 0 Å². The molecule has 0 radical (unpaired) electrons. The number of hydrogen-bond acceptors (Lipinski definition) is 4. The highest BCUT2D eigenvalue weighted by molar-refractivity contribution is 5.76. The first-order valence-electron chi connectivity index (χ1n) is 7.37. The van der Waals surface area contributed by atoms with Crippen LogP contribution in [0.15, 0.2) is 0 Å². The molecule has 0 aliphatic carbocycles. The summed E-state index contributed by atoms with van der Waals surface area (Å²) in [7, 11) is 1.59. The third kappa shape index (κ3) is 6.89. The number of nitrogens with one attached hydrogen (secondary N) is 1. The molecule has 5 nitrogen and oxygen atoms in total. The maximum absolute atomic E-state index is 11.6. The first-order chi connectivity index (χ1) is 9.15. The summed E-state index contributed by atoms with van der Waals surface area (Å²) in [6, 6.07) is 0. The standard InChI is InChI=1S/C14H29N3O2/c1-12-4-8-17(9-5-12)7-3-6-16-14(18)10-13(11-15)19-2/h12-13H,3-11,15H2,1-2H3,(H,16,18). The predicted octanol–water partition coefficient (Wildman–Crippen LogP) is 0.588. The number of amides is 1. The number of piperidine rings is 1. The molecular formula is C14H29N3O2. The molecule has 1 heterocycles. The molecule has 0 spiro atoms. The molecule has 0 aromatic carbocycles. The molecule has 1 amide bonds. The molecule has 1 saturated heterocycles. The topological polar surface area (TPSA) is 67.6 Å². The lowest BCUT2D eigenvalue weighted by Gasteiger charge is -2.30. The summed E-state index contributed by atoms with van der Waals surface area (Å²) in [5.41, 5.74) is 5.48. The summed E-state index contributed by atoms with van der Waals surface area (Å²) in [6.45, 7) is 6.93. The van der Waals surface area contributed by atoms with E-state index in [1.165, 1.54) is 25.9 Å². The van der Waals surface area contributed by atoms with Gasteiger partial charge in [0.1, 0.15) is 0 Å². The molecule has 112 valence electrons. The summed E-state index contributed by atoms with van der Waals surface area (Å²) >= 11 is 0. The third-order valence-electron chi connectivity index (χ3n) is 3.86. The van der Waals surface area contributed by atoms with Crippen molar-refractivity contribution >= 4 is 5.91 Å². The first kappa shape index (κ1) is 16.4. The first-order valence-corrected chi connectivity index (χ1v) is 7.37. The minimum Gasteiger partial charge on any atom is -0.380 e. The van der Waals surface area contributed by atoms with Crippen molar-refractivity contribution in [2.45, 2.75) is 38.7 Å². The van der Waals surface area contributed by atoms with Gasteiger partial charge >= 0.3 is 0 Å². The van der Waals surface area contributed by atoms with Crippen molar-refractivity contribution in [1.82, 2.24) is 10.2 Å². The molecule has 0 bridgehead atoms. The normalized spacial score (nSPS) is 19.3. The van der Waals surface area contributed by atoms with Crippen molar-refractivity contribution < 1.29 is 9.53 Å². The number of carbonyl (C=O) groups excluding carboxylic acids is 1. The number of carbonyl (C=O) groups is 1. The predicted molar refractivity (Wildman–Crippen MR) is 76.9 cm³/mol. The summed E-state index contributed by atoms with van der Waals surface area (Å²) in [4.78, 5) is 14.1. The van der Waals surface area contributed by atoms with Crippen LogP contribution in [0.1, 0.15) is 32.6 Å². The van der Waals surface area contributed by atoms with Crippen LogP contribution < -0.4 is 11.1 Å². The summed E-state index contributed by atoms with van der Waals surface area (Å²) in [5.74, 6) is 0.905. The molecule has 1 aliphatic heterocycles. The quantitative estimate of drug-likeness (QED) is 0.634. The van der Waals surface area contributed by atoms with E-state index in [0.717, 1.165) is 25.4 Å². The van der Waals surface area contributed by atoms with Gasteiger partial charge in [-0.2, -0.15) is 0 Å². The lowest BCUT2D eigenvalue weighted by Crippen LogP contribution is -2.36. The van der Waals surface area contributed by atoms with E-state index in [1.54, 1.807) is 7.11 Å². The van der Waals surface area contributed by atoms with Crippen LogP contribution in [-0.2, 0) is 9.53 Å². The summed E-state index contributed by atoms with van der Waals surface area (Å²) < 4.78 is 5.09. The van der Waals surface area contributed by atoms with Crippen molar-refractivity contribution in [3.63, 3.8) is 0 Å². The van der Waals surface area contributed by atoms with E-state index < -0.39 is 0 Å². The van der Waals surface area contributed by atoms with Gasteiger partial charge in [-0.3, -0.25) is 4.79 Å². The number of methoxy groups -OCH3 is 1. The van der Waals surface area contributed by atoms with Gasteiger partial charge < -0.3 is 20.7 Å². The lowest BCUT2D eigenvalue weighted by molar-refractivity contribution is -0.123. The number of ether oxygens (including phenoxy) is 1. The Morgan fingerprint density at radius 2 is 2.16 bits per heavy atom. The highest BCUT2D eigenvalue weighted by Gasteiger charge is 2.15. The van der Waals surface area contributed by atoms with Crippen LogP contribution in [0, 0.1) is 5.92 Å². The van der Waals surface area contributed by atoms with Crippen LogP contribution in [-0.4, -0.2) is 56.7 Å². The minimum atomic E-state index is -0.163. The van der Waals surface area contributed by atoms with Crippen LogP contribution in [0.4, 0.5) is 0 Å². The van der Waals surface area contributed by atoms with Gasteiger partial charge in [0.2, 0.25) is 5.91 Å². The van der Waals surface area contributed by atoms with Gasteiger partial charge in [0.15, 0.2) is 0 Å². The molecule has 19 heavy (non-hydrogen) atoms. The maximum Gasteiger partial charge on any atom is 0.222 e. The number of likely N-dealkylation sites (tertiary alicyclic amines) is 1. The van der Waals surface area contributed by atoms with Crippen molar-refractivity contribution in [2.75, 3.05) is 39.8 Å². The third-order valence-corrected chi connectivity index (χ3v) is 3.86. The van der Waals surface area contributed by atoms with Gasteiger partial charge in [0, 0.05) is 20.2 Å². The van der Waals surface area contributed by atoms with Crippen LogP contribution in [0.25, 0.3) is 0 Å².